The summed E-state index contributed by atoms with van der Waals surface area (Å²) in [6.07, 6.45) is 1.60. The van der Waals surface area contributed by atoms with Gasteiger partial charge < -0.3 is 5.32 Å². The molecule has 1 heterocycles. The Balaban J connectivity index is 2.07. The quantitative estimate of drug-likeness (QED) is 0.877. The lowest BCUT2D eigenvalue weighted by Crippen LogP contribution is -2.09. The van der Waals surface area contributed by atoms with E-state index in [1.165, 1.54) is 11.1 Å². The molecule has 2 aromatic rings. The van der Waals surface area contributed by atoms with Crippen molar-refractivity contribution >= 4 is 5.69 Å². The van der Waals surface area contributed by atoms with E-state index in [2.05, 4.69) is 54.4 Å². The minimum Gasteiger partial charge on any atom is -0.378 e. The highest BCUT2D eigenvalue weighted by atomic mass is 15.3. The molecular weight excluding hydrogens is 212 g/mol. The number of hydrogen-bond donors (Lipinski definition) is 1. The zero-order valence-corrected chi connectivity index (χ0v) is 10.6. The maximum atomic E-state index is 4.24. The van der Waals surface area contributed by atoms with Crippen molar-refractivity contribution in [2.75, 3.05) is 5.32 Å². The Morgan fingerprint density at radius 2 is 2.12 bits per heavy atom. The molecule has 1 aromatic carbocycles. The highest BCUT2D eigenvalue weighted by Crippen LogP contribution is 2.16. The van der Waals surface area contributed by atoms with E-state index in [0.29, 0.717) is 6.54 Å². The molecule has 0 spiro atoms. The zero-order valence-electron chi connectivity index (χ0n) is 10.6. The molecule has 2 rings (SSSR count). The van der Waals surface area contributed by atoms with Gasteiger partial charge in [0.15, 0.2) is 0 Å². The maximum Gasteiger partial charge on any atom is 0.146 e. The Bertz CT molecular complexity index is 502. The second-order valence-corrected chi connectivity index (χ2v) is 4.16. The summed E-state index contributed by atoms with van der Waals surface area (Å²) in [6.45, 7) is 7.83. The summed E-state index contributed by atoms with van der Waals surface area (Å²) >= 11 is 0. The lowest BCUT2D eigenvalue weighted by Gasteiger charge is -2.10. The van der Waals surface area contributed by atoms with Gasteiger partial charge in [-0.15, -0.1) is 0 Å². The van der Waals surface area contributed by atoms with E-state index in [4.69, 9.17) is 0 Å². The highest BCUT2D eigenvalue weighted by Gasteiger charge is 2.03. The fourth-order valence-electron chi connectivity index (χ4n) is 1.88. The first kappa shape index (κ1) is 11.6. The first-order chi connectivity index (χ1) is 8.20. The topological polar surface area (TPSA) is 42.7 Å². The van der Waals surface area contributed by atoms with Crippen LogP contribution in [0, 0.1) is 13.8 Å². The van der Waals surface area contributed by atoms with Gasteiger partial charge >= 0.3 is 0 Å². The van der Waals surface area contributed by atoms with Crippen molar-refractivity contribution in [2.45, 2.75) is 33.9 Å². The molecule has 4 heteroatoms. The molecule has 0 bridgehead atoms. The number of aromatic nitrogens is 3. The fourth-order valence-corrected chi connectivity index (χ4v) is 1.88. The standard InChI is InChI=1S/C13H18N4/c1-4-17-13(15-9-16-17)8-14-12-6-5-10(2)7-11(12)3/h5-7,9,14H,4,8H2,1-3H3. The van der Waals surface area contributed by atoms with Crippen molar-refractivity contribution in [2.24, 2.45) is 0 Å². The molecule has 17 heavy (non-hydrogen) atoms. The van der Waals surface area contributed by atoms with Crippen molar-refractivity contribution in [3.63, 3.8) is 0 Å². The molecule has 0 fully saturated rings. The van der Waals surface area contributed by atoms with Crippen molar-refractivity contribution in [3.8, 4) is 0 Å². The molecule has 0 saturated carbocycles. The molecular formula is C13H18N4. The van der Waals surface area contributed by atoms with Gasteiger partial charge in [-0.25, -0.2) is 9.67 Å². The third-order valence-corrected chi connectivity index (χ3v) is 2.81. The normalized spacial score (nSPS) is 10.5. The van der Waals surface area contributed by atoms with Crippen LogP contribution in [0.5, 0.6) is 0 Å². The van der Waals surface area contributed by atoms with E-state index < -0.39 is 0 Å². The van der Waals surface area contributed by atoms with Gasteiger partial charge in [0.05, 0.1) is 6.54 Å². The molecule has 0 amide bonds. The van der Waals surface area contributed by atoms with Crippen molar-refractivity contribution in [1.82, 2.24) is 14.8 Å². The maximum absolute atomic E-state index is 4.24. The van der Waals surface area contributed by atoms with Crippen LogP contribution in [0.25, 0.3) is 0 Å². The zero-order chi connectivity index (χ0) is 12.3. The van der Waals surface area contributed by atoms with Crippen LogP contribution >= 0.6 is 0 Å². The summed E-state index contributed by atoms with van der Waals surface area (Å²) in [7, 11) is 0. The summed E-state index contributed by atoms with van der Waals surface area (Å²) in [5, 5.41) is 7.54. The van der Waals surface area contributed by atoms with Crippen molar-refractivity contribution < 1.29 is 0 Å². The average molecular weight is 230 g/mol. The Morgan fingerprint density at radius 3 is 2.82 bits per heavy atom. The van der Waals surface area contributed by atoms with Gasteiger partial charge in [-0.2, -0.15) is 5.10 Å². The van der Waals surface area contributed by atoms with Gasteiger partial charge in [0, 0.05) is 12.2 Å². The number of rotatable bonds is 4. The Labute approximate surface area is 102 Å². The second-order valence-electron chi connectivity index (χ2n) is 4.16. The average Bonchev–Trinajstić information content (AvgIpc) is 2.75. The molecule has 0 aliphatic carbocycles. The summed E-state index contributed by atoms with van der Waals surface area (Å²) < 4.78 is 1.90. The molecule has 0 atom stereocenters. The van der Waals surface area contributed by atoms with E-state index in [1.807, 2.05) is 4.68 Å². The minimum absolute atomic E-state index is 0.706. The van der Waals surface area contributed by atoms with Crippen molar-refractivity contribution in [3.05, 3.63) is 41.5 Å². The van der Waals surface area contributed by atoms with E-state index in [9.17, 15) is 0 Å². The minimum atomic E-state index is 0.706. The van der Waals surface area contributed by atoms with Crippen LogP contribution in [0.15, 0.2) is 24.5 Å². The lowest BCUT2D eigenvalue weighted by atomic mass is 10.1. The second kappa shape index (κ2) is 4.99. The molecule has 0 radical (unpaired) electrons. The third-order valence-electron chi connectivity index (χ3n) is 2.81. The number of aryl methyl sites for hydroxylation is 3. The van der Waals surface area contributed by atoms with Crippen molar-refractivity contribution in [1.29, 1.82) is 0 Å². The van der Waals surface area contributed by atoms with Crippen LogP contribution in [0.1, 0.15) is 23.9 Å². The lowest BCUT2D eigenvalue weighted by molar-refractivity contribution is 0.622. The van der Waals surface area contributed by atoms with E-state index in [0.717, 1.165) is 18.1 Å². The number of nitrogens with zero attached hydrogens (tertiary/aromatic N) is 3. The Kier molecular flexibility index (Phi) is 3.42. The first-order valence-electron chi connectivity index (χ1n) is 5.88. The summed E-state index contributed by atoms with van der Waals surface area (Å²) in [5.74, 6) is 0.965. The van der Waals surface area contributed by atoms with E-state index >= 15 is 0 Å². The monoisotopic (exact) mass is 230 g/mol. The fraction of sp³-hybridized carbons (Fsp3) is 0.385. The Hall–Kier alpha value is -1.84. The number of nitrogens with one attached hydrogen (secondary N) is 1. The Morgan fingerprint density at radius 1 is 1.29 bits per heavy atom. The largest absolute Gasteiger partial charge is 0.378 e. The molecule has 0 aliphatic heterocycles. The van der Waals surface area contributed by atoms with Gasteiger partial charge in [-0.1, -0.05) is 17.7 Å². The van der Waals surface area contributed by atoms with Crippen LogP contribution in [-0.4, -0.2) is 14.8 Å². The first-order valence-corrected chi connectivity index (χ1v) is 5.88. The molecule has 1 aromatic heterocycles. The molecule has 90 valence electrons. The summed E-state index contributed by atoms with van der Waals surface area (Å²) in [5.41, 5.74) is 3.69. The molecule has 1 N–H and O–H groups in total. The molecule has 0 saturated heterocycles. The summed E-state index contributed by atoms with van der Waals surface area (Å²) in [6, 6.07) is 6.39. The predicted molar refractivity (Wildman–Crippen MR) is 68.9 cm³/mol. The van der Waals surface area contributed by atoms with Crippen LogP contribution in [0.3, 0.4) is 0 Å². The van der Waals surface area contributed by atoms with Crippen LogP contribution in [0.2, 0.25) is 0 Å². The van der Waals surface area contributed by atoms with E-state index in [1.54, 1.807) is 6.33 Å². The van der Waals surface area contributed by atoms with Gasteiger partial charge in [0.2, 0.25) is 0 Å². The number of hydrogen-bond acceptors (Lipinski definition) is 3. The van der Waals surface area contributed by atoms with Gasteiger partial charge in [-0.05, 0) is 32.4 Å². The van der Waals surface area contributed by atoms with Crippen LogP contribution < -0.4 is 5.32 Å². The molecule has 4 nitrogen and oxygen atoms in total. The smallest absolute Gasteiger partial charge is 0.146 e. The van der Waals surface area contributed by atoms with Crippen LogP contribution in [-0.2, 0) is 13.1 Å². The van der Waals surface area contributed by atoms with Gasteiger partial charge in [0.25, 0.3) is 0 Å². The number of benzene rings is 1. The summed E-state index contributed by atoms with van der Waals surface area (Å²) in [4.78, 5) is 4.24. The van der Waals surface area contributed by atoms with Gasteiger partial charge in [-0.3, -0.25) is 0 Å². The molecule has 0 aliphatic rings. The SMILES string of the molecule is CCn1ncnc1CNc1ccc(C)cc1C. The highest BCUT2D eigenvalue weighted by molar-refractivity contribution is 5.51. The predicted octanol–water partition coefficient (Wildman–Crippen LogP) is 2.53. The van der Waals surface area contributed by atoms with Gasteiger partial charge in [0.1, 0.15) is 12.2 Å². The number of anilines is 1. The van der Waals surface area contributed by atoms with Crippen LogP contribution in [0.4, 0.5) is 5.69 Å². The molecule has 0 unspecified atom stereocenters. The third kappa shape index (κ3) is 2.64. The van der Waals surface area contributed by atoms with E-state index in [-0.39, 0.29) is 0 Å².